The Bertz CT molecular complexity index is 560. The van der Waals surface area contributed by atoms with Crippen molar-refractivity contribution in [2.75, 3.05) is 0 Å². The van der Waals surface area contributed by atoms with E-state index in [1.165, 1.54) is 24.0 Å². The van der Waals surface area contributed by atoms with E-state index in [-0.39, 0.29) is 6.10 Å². The fraction of sp³-hybridized carbons (Fsp3) is 0.375. The first-order valence-electron chi connectivity index (χ1n) is 6.65. The third-order valence-electron chi connectivity index (χ3n) is 4.59. The Hall–Kier alpha value is -1.12. The maximum absolute atomic E-state index is 10.5. The van der Waals surface area contributed by atoms with Gasteiger partial charge >= 0.3 is 0 Å². The molecule has 0 bridgehead atoms. The summed E-state index contributed by atoms with van der Waals surface area (Å²) in [4.78, 5) is 1.13. The summed E-state index contributed by atoms with van der Waals surface area (Å²) >= 11 is 1.68. The summed E-state index contributed by atoms with van der Waals surface area (Å²) in [5, 5.41) is 12.6. The highest BCUT2D eigenvalue weighted by Crippen LogP contribution is 2.64. The van der Waals surface area contributed by atoms with E-state index in [0.717, 1.165) is 4.88 Å². The van der Waals surface area contributed by atoms with Crippen molar-refractivity contribution in [3.63, 3.8) is 0 Å². The molecule has 4 unspecified atom stereocenters. The average molecular weight is 256 g/mol. The Kier molecular flexibility index (Phi) is 2.36. The lowest BCUT2D eigenvalue weighted by Gasteiger charge is -2.13. The van der Waals surface area contributed by atoms with E-state index in [9.17, 15) is 5.11 Å². The van der Waals surface area contributed by atoms with Gasteiger partial charge in [-0.2, -0.15) is 0 Å². The van der Waals surface area contributed by atoms with Crippen LogP contribution in [0.5, 0.6) is 0 Å². The lowest BCUT2D eigenvalue weighted by Crippen LogP contribution is -2.00. The molecule has 0 saturated heterocycles. The van der Waals surface area contributed by atoms with Crippen LogP contribution in [0, 0.1) is 11.8 Å². The molecule has 0 amide bonds. The molecule has 18 heavy (non-hydrogen) atoms. The number of aliphatic hydroxyl groups is 1. The van der Waals surface area contributed by atoms with E-state index < -0.39 is 0 Å². The van der Waals surface area contributed by atoms with Crippen molar-refractivity contribution in [3.8, 4) is 0 Å². The molecule has 1 aromatic heterocycles. The van der Waals surface area contributed by atoms with E-state index in [2.05, 4.69) is 35.7 Å². The van der Waals surface area contributed by atoms with Crippen LogP contribution in [-0.2, 0) is 6.42 Å². The quantitative estimate of drug-likeness (QED) is 0.867. The van der Waals surface area contributed by atoms with Gasteiger partial charge < -0.3 is 5.11 Å². The van der Waals surface area contributed by atoms with E-state index in [1.54, 1.807) is 11.3 Å². The monoisotopic (exact) mass is 256 g/mol. The molecule has 4 atom stereocenters. The van der Waals surface area contributed by atoms with Crippen LogP contribution in [0.15, 0.2) is 41.8 Å². The minimum Gasteiger partial charge on any atom is -0.387 e. The van der Waals surface area contributed by atoms with E-state index in [4.69, 9.17) is 0 Å². The van der Waals surface area contributed by atoms with Gasteiger partial charge in [0.25, 0.3) is 0 Å². The van der Waals surface area contributed by atoms with Gasteiger partial charge in [0.2, 0.25) is 0 Å². The van der Waals surface area contributed by atoms with Gasteiger partial charge in [0, 0.05) is 10.8 Å². The highest BCUT2D eigenvalue weighted by atomic mass is 32.1. The van der Waals surface area contributed by atoms with Gasteiger partial charge in [-0.1, -0.05) is 30.3 Å². The van der Waals surface area contributed by atoms with E-state index in [0.29, 0.717) is 17.8 Å². The van der Waals surface area contributed by atoms with Crippen LogP contribution in [0.1, 0.15) is 34.4 Å². The molecule has 4 rings (SSSR count). The van der Waals surface area contributed by atoms with Crippen LogP contribution in [0.25, 0.3) is 0 Å². The Balaban J connectivity index is 1.65. The second-order valence-electron chi connectivity index (χ2n) is 5.46. The maximum Gasteiger partial charge on any atom is 0.0918 e. The Morgan fingerprint density at radius 1 is 1.17 bits per heavy atom. The first kappa shape index (κ1) is 10.8. The second kappa shape index (κ2) is 3.94. The molecule has 1 nitrogen and oxygen atoms in total. The minimum absolute atomic E-state index is 0.258. The molecule has 1 aromatic carbocycles. The average Bonchev–Trinajstić information content (AvgIpc) is 2.89. The zero-order valence-corrected chi connectivity index (χ0v) is 10.9. The van der Waals surface area contributed by atoms with Crippen molar-refractivity contribution < 1.29 is 5.11 Å². The summed E-state index contributed by atoms with van der Waals surface area (Å²) in [6.07, 6.45) is 2.17. The molecule has 2 heteroatoms. The largest absolute Gasteiger partial charge is 0.387 e. The lowest BCUT2D eigenvalue weighted by atomic mass is 9.92. The van der Waals surface area contributed by atoms with E-state index >= 15 is 0 Å². The zero-order valence-electron chi connectivity index (χ0n) is 10.1. The van der Waals surface area contributed by atoms with Gasteiger partial charge in [0.05, 0.1) is 6.10 Å². The number of thiophene rings is 1. The highest BCUT2D eigenvalue weighted by Gasteiger charge is 2.56. The van der Waals surface area contributed by atoms with Gasteiger partial charge in [0.15, 0.2) is 0 Å². The Labute approximate surface area is 111 Å². The molecule has 1 heterocycles. The standard InChI is InChI=1S/C16H16OS/c17-16(13-6-3-9-18-13)15-12-8-7-10-4-1-2-5-11(10)14(12)15/h1-6,9,12,14-17H,7-8H2. The molecule has 2 aromatic rings. The number of aryl methyl sites for hydroxylation is 1. The smallest absolute Gasteiger partial charge is 0.0918 e. The van der Waals surface area contributed by atoms with Gasteiger partial charge in [-0.05, 0) is 47.3 Å². The summed E-state index contributed by atoms with van der Waals surface area (Å²) in [5.41, 5.74) is 2.99. The van der Waals surface area contributed by atoms with Crippen LogP contribution in [-0.4, -0.2) is 5.11 Å². The predicted octanol–water partition coefficient (Wildman–Crippen LogP) is 3.76. The molecule has 2 aliphatic rings. The normalized spacial score (nSPS) is 30.4. The maximum atomic E-state index is 10.5. The van der Waals surface area contributed by atoms with Gasteiger partial charge in [-0.3, -0.25) is 0 Å². The van der Waals surface area contributed by atoms with Crippen LogP contribution in [0.3, 0.4) is 0 Å². The van der Waals surface area contributed by atoms with Crippen molar-refractivity contribution in [3.05, 3.63) is 57.8 Å². The van der Waals surface area contributed by atoms with Crippen LogP contribution in [0.4, 0.5) is 0 Å². The molecular formula is C16H16OS. The third kappa shape index (κ3) is 1.49. The molecule has 1 saturated carbocycles. The summed E-state index contributed by atoms with van der Waals surface area (Å²) in [7, 11) is 0. The molecule has 1 N–H and O–H groups in total. The molecule has 92 valence electrons. The van der Waals surface area contributed by atoms with Crippen molar-refractivity contribution in [1.29, 1.82) is 0 Å². The SMILES string of the molecule is OC(c1cccs1)C1C2CCc3ccccc3C21. The Morgan fingerprint density at radius 2 is 2.06 bits per heavy atom. The number of fused-ring (bicyclic) bond motifs is 3. The molecule has 2 aliphatic carbocycles. The van der Waals surface area contributed by atoms with Crippen molar-refractivity contribution in [2.45, 2.75) is 24.9 Å². The number of hydrogen-bond donors (Lipinski definition) is 1. The van der Waals surface area contributed by atoms with Crippen molar-refractivity contribution in [1.82, 2.24) is 0 Å². The first-order valence-corrected chi connectivity index (χ1v) is 7.53. The summed E-state index contributed by atoms with van der Waals surface area (Å²) in [5.74, 6) is 1.76. The minimum atomic E-state index is -0.258. The summed E-state index contributed by atoms with van der Waals surface area (Å²) < 4.78 is 0. The molecule has 0 aliphatic heterocycles. The Morgan fingerprint density at radius 3 is 2.89 bits per heavy atom. The number of hydrogen-bond acceptors (Lipinski definition) is 2. The zero-order chi connectivity index (χ0) is 12.1. The van der Waals surface area contributed by atoms with Gasteiger partial charge in [-0.25, -0.2) is 0 Å². The molecular weight excluding hydrogens is 240 g/mol. The van der Waals surface area contributed by atoms with E-state index in [1.807, 2.05) is 6.07 Å². The predicted molar refractivity (Wildman–Crippen MR) is 73.8 cm³/mol. The van der Waals surface area contributed by atoms with Gasteiger partial charge in [0.1, 0.15) is 0 Å². The lowest BCUT2D eigenvalue weighted by molar-refractivity contribution is 0.148. The van der Waals surface area contributed by atoms with Crippen LogP contribution < -0.4 is 0 Å². The van der Waals surface area contributed by atoms with Crippen LogP contribution >= 0.6 is 11.3 Å². The van der Waals surface area contributed by atoms with Crippen molar-refractivity contribution in [2.24, 2.45) is 11.8 Å². The fourth-order valence-corrected chi connectivity index (χ4v) is 4.47. The number of aliphatic hydroxyl groups excluding tert-OH is 1. The topological polar surface area (TPSA) is 20.2 Å². The summed E-state index contributed by atoms with van der Waals surface area (Å²) in [6.45, 7) is 0. The molecule has 0 spiro atoms. The summed E-state index contributed by atoms with van der Waals surface area (Å²) in [6, 6.07) is 12.9. The molecule has 0 radical (unpaired) electrons. The third-order valence-corrected chi connectivity index (χ3v) is 5.53. The van der Waals surface area contributed by atoms with Crippen molar-refractivity contribution >= 4 is 11.3 Å². The number of rotatable bonds is 2. The second-order valence-corrected chi connectivity index (χ2v) is 6.44. The molecule has 1 fully saturated rings. The van der Waals surface area contributed by atoms with Crippen LogP contribution in [0.2, 0.25) is 0 Å². The number of benzene rings is 1. The fourth-order valence-electron chi connectivity index (χ4n) is 3.70. The highest BCUT2D eigenvalue weighted by molar-refractivity contribution is 7.10. The van der Waals surface area contributed by atoms with Gasteiger partial charge in [-0.15, -0.1) is 11.3 Å². The first-order chi connectivity index (χ1) is 8.86.